The van der Waals surface area contributed by atoms with E-state index in [9.17, 15) is 4.79 Å². The summed E-state index contributed by atoms with van der Waals surface area (Å²) in [4.78, 5) is 16.8. The predicted molar refractivity (Wildman–Crippen MR) is 127 cm³/mol. The summed E-state index contributed by atoms with van der Waals surface area (Å²) in [6.07, 6.45) is 0. The maximum atomic E-state index is 12.7. The first-order chi connectivity index (χ1) is 15.2. The Hall–Kier alpha value is -3.25. The van der Waals surface area contributed by atoms with Gasteiger partial charge in [0, 0.05) is 41.8 Å². The fourth-order valence-electron chi connectivity index (χ4n) is 4.00. The molecule has 0 unspecified atom stereocenters. The SMILES string of the molecule is O=C(c1ccc(Br)cc1)N1CCN(c2ccc(-c3cccc4ccccc34)nn2)CC1. The minimum atomic E-state index is 0.0736. The zero-order valence-electron chi connectivity index (χ0n) is 16.9. The van der Waals surface area contributed by atoms with E-state index < -0.39 is 0 Å². The molecule has 154 valence electrons. The number of amides is 1. The molecule has 2 heterocycles. The van der Waals surface area contributed by atoms with Gasteiger partial charge in [-0.25, -0.2) is 0 Å². The summed E-state index contributed by atoms with van der Waals surface area (Å²) in [6.45, 7) is 2.82. The summed E-state index contributed by atoms with van der Waals surface area (Å²) in [5, 5.41) is 11.4. The van der Waals surface area contributed by atoms with Crippen LogP contribution in [0.15, 0.2) is 83.3 Å². The highest BCUT2D eigenvalue weighted by Crippen LogP contribution is 2.27. The summed E-state index contributed by atoms with van der Waals surface area (Å²) < 4.78 is 0.972. The normalized spacial score (nSPS) is 14.1. The highest BCUT2D eigenvalue weighted by atomic mass is 79.9. The van der Waals surface area contributed by atoms with Gasteiger partial charge in [0.2, 0.25) is 0 Å². The minimum Gasteiger partial charge on any atom is -0.352 e. The average Bonchev–Trinajstić information content (AvgIpc) is 2.84. The van der Waals surface area contributed by atoms with Crippen molar-refractivity contribution >= 4 is 38.4 Å². The molecule has 6 heteroatoms. The number of carbonyl (C=O) groups excluding carboxylic acids is 1. The number of hydrogen-bond acceptors (Lipinski definition) is 4. The number of fused-ring (bicyclic) bond motifs is 1. The van der Waals surface area contributed by atoms with Crippen molar-refractivity contribution in [2.45, 2.75) is 0 Å². The fourth-order valence-corrected chi connectivity index (χ4v) is 4.26. The van der Waals surface area contributed by atoms with Gasteiger partial charge in [-0.1, -0.05) is 58.4 Å². The molecule has 0 aliphatic carbocycles. The summed E-state index contributed by atoms with van der Waals surface area (Å²) in [6, 6.07) is 26.1. The molecule has 4 aromatic rings. The maximum Gasteiger partial charge on any atom is 0.253 e. The number of hydrogen-bond donors (Lipinski definition) is 0. The Morgan fingerprint density at radius 2 is 1.52 bits per heavy atom. The number of anilines is 1. The summed E-state index contributed by atoms with van der Waals surface area (Å²) in [5.41, 5.74) is 2.67. The van der Waals surface area contributed by atoms with Gasteiger partial charge in [-0.2, -0.15) is 0 Å². The Morgan fingerprint density at radius 1 is 0.774 bits per heavy atom. The van der Waals surface area contributed by atoms with Gasteiger partial charge in [0.15, 0.2) is 5.82 Å². The van der Waals surface area contributed by atoms with Crippen LogP contribution in [0.3, 0.4) is 0 Å². The molecule has 0 saturated carbocycles. The molecule has 1 fully saturated rings. The second-order valence-corrected chi connectivity index (χ2v) is 8.51. The molecule has 1 saturated heterocycles. The van der Waals surface area contributed by atoms with Crippen molar-refractivity contribution in [3.05, 3.63) is 88.9 Å². The maximum absolute atomic E-state index is 12.7. The zero-order valence-corrected chi connectivity index (χ0v) is 18.5. The largest absolute Gasteiger partial charge is 0.352 e. The number of nitrogens with zero attached hydrogens (tertiary/aromatic N) is 4. The lowest BCUT2D eigenvalue weighted by Crippen LogP contribution is -2.49. The van der Waals surface area contributed by atoms with Crippen LogP contribution in [0.2, 0.25) is 0 Å². The summed E-state index contributed by atoms with van der Waals surface area (Å²) >= 11 is 3.41. The lowest BCUT2D eigenvalue weighted by molar-refractivity contribution is 0.0746. The molecule has 1 amide bonds. The molecule has 0 N–H and O–H groups in total. The molecule has 0 bridgehead atoms. The number of aromatic nitrogens is 2. The van der Waals surface area contributed by atoms with Gasteiger partial charge < -0.3 is 9.80 Å². The van der Waals surface area contributed by atoms with Crippen LogP contribution < -0.4 is 4.90 Å². The summed E-state index contributed by atoms with van der Waals surface area (Å²) in [7, 11) is 0. The van der Waals surface area contributed by atoms with Crippen LogP contribution in [0.4, 0.5) is 5.82 Å². The Labute approximate surface area is 189 Å². The van der Waals surface area contributed by atoms with E-state index in [1.54, 1.807) is 0 Å². The smallest absolute Gasteiger partial charge is 0.253 e. The van der Waals surface area contributed by atoms with Gasteiger partial charge in [0.25, 0.3) is 5.91 Å². The first-order valence-corrected chi connectivity index (χ1v) is 11.1. The molecule has 31 heavy (non-hydrogen) atoms. The molecule has 0 atom stereocenters. The van der Waals surface area contributed by atoms with Crippen LogP contribution in [0.25, 0.3) is 22.0 Å². The van der Waals surface area contributed by atoms with Gasteiger partial charge in [-0.3, -0.25) is 4.79 Å². The number of piperazine rings is 1. The molecular weight excluding hydrogens is 452 g/mol. The molecule has 3 aromatic carbocycles. The van der Waals surface area contributed by atoms with Gasteiger partial charge in [0.1, 0.15) is 0 Å². The van der Waals surface area contributed by atoms with Crippen molar-refractivity contribution in [3.63, 3.8) is 0 Å². The van der Waals surface area contributed by atoms with E-state index in [2.05, 4.69) is 61.4 Å². The molecule has 5 rings (SSSR count). The molecule has 1 aliphatic heterocycles. The first kappa shape index (κ1) is 19.7. The van der Waals surface area contributed by atoms with Crippen molar-refractivity contribution in [2.24, 2.45) is 0 Å². The van der Waals surface area contributed by atoms with E-state index >= 15 is 0 Å². The quantitative estimate of drug-likeness (QED) is 0.419. The molecular formula is C25H21BrN4O. The minimum absolute atomic E-state index is 0.0736. The highest BCUT2D eigenvalue weighted by molar-refractivity contribution is 9.10. The van der Waals surface area contributed by atoms with Crippen LogP contribution >= 0.6 is 15.9 Å². The predicted octanol–water partition coefficient (Wildman–Crippen LogP) is 5.02. The van der Waals surface area contributed by atoms with Gasteiger partial charge in [-0.05, 0) is 47.2 Å². The second kappa shape index (κ2) is 8.47. The third-order valence-corrected chi connectivity index (χ3v) is 6.23. The van der Waals surface area contributed by atoms with Gasteiger partial charge >= 0.3 is 0 Å². The molecule has 0 spiro atoms. The monoisotopic (exact) mass is 472 g/mol. The third kappa shape index (κ3) is 4.03. The van der Waals surface area contributed by atoms with E-state index in [-0.39, 0.29) is 5.91 Å². The van der Waals surface area contributed by atoms with Crippen LogP contribution in [0.1, 0.15) is 10.4 Å². The van der Waals surface area contributed by atoms with Crippen LogP contribution in [0, 0.1) is 0 Å². The third-order valence-electron chi connectivity index (χ3n) is 5.70. The van der Waals surface area contributed by atoms with Gasteiger partial charge in [0.05, 0.1) is 5.69 Å². The number of benzene rings is 3. The number of carbonyl (C=O) groups is 1. The van der Waals surface area contributed by atoms with Crippen molar-refractivity contribution in [1.82, 2.24) is 15.1 Å². The number of halogens is 1. The van der Waals surface area contributed by atoms with Crippen molar-refractivity contribution in [2.75, 3.05) is 31.1 Å². The van der Waals surface area contributed by atoms with E-state index in [0.717, 1.165) is 40.2 Å². The Morgan fingerprint density at radius 3 is 2.26 bits per heavy atom. The van der Waals surface area contributed by atoms with Crippen molar-refractivity contribution < 1.29 is 4.79 Å². The molecule has 5 nitrogen and oxygen atoms in total. The zero-order chi connectivity index (χ0) is 21.2. The topological polar surface area (TPSA) is 49.3 Å². The van der Waals surface area contributed by atoms with E-state index in [0.29, 0.717) is 13.1 Å². The Balaban J connectivity index is 1.28. The van der Waals surface area contributed by atoms with Crippen molar-refractivity contribution in [3.8, 4) is 11.3 Å². The van der Waals surface area contributed by atoms with E-state index in [4.69, 9.17) is 0 Å². The lowest BCUT2D eigenvalue weighted by Gasteiger charge is -2.35. The standard InChI is InChI=1S/C25H21BrN4O/c26-20-10-8-19(9-11-20)25(31)30-16-14-29(15-17-30)24-13-12-23(27-28-24)22-7-3-5-18-4-1-2-6-21(18)22/h1-13H,14-17H2. The van der Waals surface area contributed by atoms with Crippen LogP contribution in [0.5, 0.6) is 0 Å². The molecule has 0 radical (unpaired) electrons. The fraction of sp³-hybridized carbons (Fsp3) is 0.160. The van der Waals surface area contributed by atoms with Crippen molar-refractivity contribution in [1.29, 1.82) is 0 Å². The first-order valence-electron chi connectivity index (χ1n) is 10.3. The number of rotatable bonds is 3. The second-order valence-electron chi connectivity index (χ2n) is 7.59. The lowest BCUT2D eigenvalue weighted by atomic mass is 10.0. The Kier molecular flexibility index (Phi) is 5.38. The van der Waals surface area contributed by atoms with Crippen LogP contribution in [-0.4, -0.2) is 47.2 Å². The van der Waals surface area contributed by atoms with Gasteiger partial charge in [-0.15, -0.1) is 10.2 Å². The van der Waals surface area contributed by atoms with E-state index in [1.165, 1.54) is 10.8 Å². The average molecular weight is 473 g/mol. The molecule has 1 aromatic heterocycles. The van der Waals surface area contributed by atoms with Crippen LogP contribution in [-0.2, 0) is 0 Å². The molecule has 1 aliphatic rings. The highest BCUT2D eigenvalue weighted by Gasteiger charge is 2.23. The Bertz CT molecular complexity index is 1210. The summed E-state index contributed by atoms with van der Waals surface area (Å²) in [5.74, 6) is 0.921. The van der Waals surface area contributed by atoms with E-state index in [1.807, 2.05) is 53.4 Å².